The summed E-state index contributed by atoms with van der Waals surface area (Å²) in [6, 6.07) is -0.722. The van der Waals surface area contributed by atoms with E-state index >= 15 is 0 Å². The van der Waals surface area contributed by atoms with E-state index in [0.29, 0.717) is 19.3 Å². The average molecular weight is 892 g/mol. The summed E-state index contributed by atoms with van der Waals surface area (Å²) in [5, 5.41) is 23.8. The topological polar surface area (TPSA) is 95.9 Å². The second kappa shape index (κ2) is 51.0. The Morgan fingerprint density at radius 2 is 0.906 bits per heavy atom. The molecule has 0 aromatic heterocycles. The van der Waals surface area contributed by atoms with Gasteiger partial charge in [0.05, 0.1) is 25.2 Å². The first kappa shape index (κ1) is 61.0. The standard InChI is InChI=1S/C58H101NO5/c1-4-7-10-13-16-19-22-25-27-28-30-32-34-37-40-43-46-49-54(64-58(63)51-48-45-42-39-36-31-24-21-18-15-12-9-6-3)52-57(62)59-55(53-60)56(61)50-47-44-41-38-35-33-29-26-23-20-17-14-11-8-5-2/h9,12,15-16,18-19,21,24-25,27,30-32,36,54-56,60-61H,4-8,10-11,13-14,17,20,22-23,26,28-29,33-35,37-53H2,1-3H3,(H,59,62)/b12-9+,18-15+,19-16-,24-21-,27-25-,32-30-,36-31-. The Hall–Kier alpha value is -2.96. The van der Waals surface area contributed by atoms with Crippen LogP contribution in [0.2, 0.25) is 0 Å². The molecule has 0 bridgehead atoms. The second-order valence-corrected chi connectivity index (χ2v) is 18.0. The van der Waals surface area contributed by atoms with Crippen molar-refractivity contribution >= 4 is 11.9 Å². The van der Waals surface area contributed by atoms with Crippen molar-refractivity contribution in [1.29, 1.82) is 0 Å². The maximum Gasteiger partial charge on any atom is 0.306 e. The maximum atomic E-state index is 13.2. The van der Waals surface area contributed by atoms with Gasteiger partial charge in [-0.05, 0) is 83.5 Å². The van der Waals surface area contributed by atoms with Crippen LogP contribution in [-0.4, -0.2) is 46.9 Å². The van der Waals surface area contributed by atoms with E-state index in [1.165, 1.54) is 103 Å². The highest BCUT2D eigenvalue weighted by Gasteiger charge is 2.24. The van der Waals surface area contributed by atoms with E-state index in [2.05, 4.69) is 80.8 Å². The first-order valence-electron chi connectivity index (χ1n) is 26.9. The van der Waals surface area contributed by atoms with E-state index in [-0.39, 0.29) is 24.9 Å². The van der Waals surface area contributed by atoms with Crippen LogP contribution < -0.4 is 5.32 Å². The third kappa shape index (κ3) is 45.6. The quantitative estimate of drug-likeness (QED) is 0.0245. The Bertz CT molecular complexity index is 1230. The van der Waals surface area contributed by atoms with Gasteiger partial charge in [0.2, 0.25) is 5.91 Å². The van der Waals surface area contributed by atoms with Crippen LogP contribution in [0.4, 0.5) is 0 Å². The van der Waals surface area contributed by atoms with Gasteiger partial charge in [0, 0.05) is 6.42 Å². The van der Waals surface area contributed by atoms with Gasteiger partial charge in [-0.3, -0.25) is 9.59 Å². The van der Waals surface area contributed by atoms with Crippen molar-refractivity contribution in [2.75, 3.05) is 6.61 Å². The van der Waals surface area contributed by atoms with Gasteiger partial charge < -0.3 is 20.3 Å². The lowest BCUT2D eigenvalue weighted by molar-refractivity contribution is -0.151. The molecule has 6 nitrogen and oxygen atoms in total. The van der Waals surface area contributed by atoms with Gasteiger partial charge in [-0.15, -0.1) is 0 Å². The average Bonchev–Trinajstić information content (AvgIpc) is 3.29. The van der Waals surface area contributed by atoms with Gasteiger partial charge >= 0.3 is 5.97 Å². The number of esters is 1. The Balaban J connectivity index is 4.68. The van der Waals surface area contributed by atoms with E-state index in [1.54, 1.807) is 0 Å². The highest BCUT2D eigenvalue weighted by atomic mass is 16.5. The molecule has 0 fully saturated rings. The molecule has 0 saturated carbocycles. The molecule has 0 aliphatic rings. The number of hydrogen-bond acceptors (Lipinski definition) is 5. The molecule has 6 heteroatoms. The Labute approximate surface area is 395 Å². The number of nitrogens with one attached hydrogen (secondary N) is 1. The molecule has 0 saturated heterocycles. The number of carbonyl (C=O) groups is 2. The summed E-state index contributed by atoms with van der Waals surface area (Å²) >= 11 is 0. The number of hydrogen-bond donors (Lipinski definition) is 3. The monoisotopic (exact) mass is 892 g/mol. The fourth-order valence-corrected chi connectivity index (χ4v) is 7.74. The number of aliphatic hydroxyl groups is 2. The van der Waals surface area contributed by atoms with Gasteiger partial charge in [0.15, 0.2) is 0 Å². The van der Waals surface area contributed by atoms with Gasteiger partial charge in [-0.2, -0.15) is 0 Å². The normalized spacial score (nSPS) is 13.9. The molecule has 3 unspecified atom stereocenters. The van der Waals surface area contributed by atoms with Gasteiger partial charge in [-0.25, -0.2) is 0 Å². The molecule has 0 aromatic carbocycles. The van der Waals surface area contributed by atoms with Gasteiger partial charge in [-0.1, -0.05) is 234 Å². The van der Waals surface area contributed by atoms with Crippen LogP contribution in [0.1, 0.15) is 245 Å². The summed E-state index contributed by atoms with van der Waals surface area (Å²) in [6.07, 6.45) is 66.4. The van der Waals surface area contributed by atoms with Crippen LogP contribution in [0.3, 0.4) is 0 Å². The van der Waals surface area contributed by atoms with Gasteiger partial charge in [0.1, 0.15) is 6.10 Å². The summed E-state index contributed by atoms with van der Waals surface area (Å²) < 4.78 is 5.91. The van der Waals surface area contributed by atoms with Crippen LogP contribution >= 0.6 is 0 Å². The van der Waals surface area contributed by atoms with E-state index in [9.17, 15) is 19.8 Å². The van der Waals surface area contributed by atoms with Crippen molar-refractivity contribution in [1.82, 2.24) is 5.32 Å². The van der Waals surface area contributed by atoms with Gasteiger partial charge in [0.25, 0.3) is 0 Å². The van der Waals surface area contributed by atoms with Crippen molar-refractivity contribution in [2.45, 2.75) is 264 Å². The molecular weight excluding hydrogens is 791 g/mol. The molecule has 0 aliphatic heterocycles. The number of amides is 1. The largest absolute Gasteiger partial charge is 0.462 e. The minimum atomic E-state index is -0.806. The fraction of sp³-hybridized carbons (Fsp3) is 0.724. The van der Waals surface area contributed by atoms with Crippen LogP contribution in [0.5, 0.6) is 0 Å². The molecule has 0 spiro atoms. The second-order valence-electron chi connectivity index (χ2n) is 18.0. The Morgan fingerprint density at radius 1 is 0.484 bits per heavy atom. The molecule has 368 valence electrons. The number of carbonyl (C=O) groups excluding carboxylic acids is 2. The molecule has 1 amide bonds. The summed E-state index contributed by atoms with van der Waals surface area (Å²) in [4.78, 5) is 26.2. The van der Waals surface area contributed by atoms with Crippen molar-refractivity contribution < 1.29 is 24.5 Å². The molecule has 0 radical (unpaired) electrons. The Kier molecular flexibility index (Phi) is 48.7. The summed E-state index contributed by atoms with van der Waals surface area (Å²) in [7, 11) is 0. The lowest BCUT2D eigenvalue weighted by atomic mass is 10.0. The van der Waals surface area contributed by atoms with Crippen molar-refractivity contribution in [3.8, 4) is 0 Å². The molecule has 3 atom stereocenters. The lowest BCUT2D eigenvalue weighted by Crippen LogP contribution is -2.46. The van der Waals surface area contributed by atoms with E-state index in [1.807, 2.05) is 30.4 Å². The summed E-state index contributed by atoms with van der Waals surface area (Å²) in [5.74, 6) is -0.544. The smallest absolute Gasteiger partial charge is 0.306 e. The molecule has 0 aromatic rings. The van der Waals surface area contributed by atoms with E-state index in [0.717, 1.165) is 96.3 Å². The highest BCUT2D eigenvalue weighted by Crippen LogP contribution is 2.17. The minimum absolute atomic E-state index is 0.0429. The minimum Gasteiger partial charge on any atom is -0.462 e. The van der Waals surface area contributed by atoms with Crippen molar-refractivity contribution in [3.63, 3.8) is 0 Å². The van der Waals surface area contributed by atoms with E-state index in [4.69, 9.17) is 4.74 Å². The third-order valence-electron chi connectivity index (χ3n) is 11.8. The zero-order chi connectivity index (χ0) is 46.7. The predicted molar refractivity (Wildman–Crippen MR) is 278 cm³/mol. The predicted octanol–water partition coefficient (Wildman–Crippen LogP) is 16.3. The number of unbranched alkanes of at least 4 members (excludes halogenated alkanes) is 24. The van der Waals surface area contributed by atoms with Crippen molar-refractivity contribution in [2.24, 2.45) is 0 Å². The molecule has 0 rings (SSSR count). The zero-order valence-corrected chi connectivity index (χ0v) is 41.9. The Morgan fingerprint density at radius 3 is 1.45 bits per heavy atom. The lowest BCUT2D eigenvalue weighted by Gasteiger charge is -2.24. The molecule has 0 aliphatic carbocycles. The van der Waals surface area contributed by atoms with Crippen molar-refractivity contribution in [3.05, 3.63) is 85.1 Å². The zero-order valence-electron chi connectivity index (χ0n) is 41.9. The summed E-state index contributed by atoms with van der Waals surface area (Å²) in [5.41, 5.74) is 0. The SMILES string of the molecule is CC/C=C/C=C/C=C\C=C/CCCCCC(=O)OC(CCCCCC/C=C\C/C=C\C/C=C\CCCCC)CC(=O)NC(CO)C(O)CCCCCCCCCCCCCCCCC. The summed E-state index contributed by atoms with van der Waals surface area (Å²) in [6.45, 7) is 6.31. The van der Waals surface area contributed by atoms with Crippen LogP contribution in [0, 0.1) is 0 Å². The molecule has 3 N–H and O–H groups in total. The molecule has 64 heavy (non-hydrogen) atoms. The number of aliphatic hydroxyl groups excluding tert-OH is 2. The number of rotatable bonds is 47. The molecule has 0 heterocycles. The van der Waals surface area contributed by atoms with Crippen LogP contribution in [0.15, 0.2) is 85.1 Å². The van der Waals surface area contributed by atoms with Crippen LogP contribution in [-0.2, 0) is 14.3 Å². The van der Waals surface area contributed by atoms with E-state index < -0.39 is 18.2 Å². The third-order valence-corrected chi connectivity index (χ3v) is 11.8. The van der Waals surface area contributed by atoms with Crippen LogP contribution in [0.25, 0.3) is 0 Å². The first-order chi connectivity index (χ1) is 31.5. The number of ether oxygens (including phenoxy) is 1. The fourth-order valence-electron chi connectivity index (χ4n) is 7.74. The molecular formula is C58H101NO5. The number of allylic oxidation sites excluding steroid dienone is 14. The first-order valence-corrected chi connectivity index (χ1v) is 26.9. The maximum absolute atomic E-state index is 13.2. The highest BCUT2D eigenvalue weighted by molar-refractivity contribution is 5.77.